The van der Waals surface area contributed by atoms with Crippen LogP contribution < -0.4 is 4.90 Å². The van der Waals surface area contributed by atoms with Crippen LogP contribution in [0, 0.1) is 13.8 Å². The van der Waals surface area contributed by atoms with Gasteiger partial charge in [0.1, 0.15) is 5.52 Å². The van der Waals surface area contributed by atoms with Crippen LogP contribution in [0.1, 0.15) is 11.1 Å². The van der Waals surface area contributed by atoms with Crippen molar-refractivity contribution in [3.63, 3.8) is 0 Å². The summed E-state index contributed by atoms with van der Waals surface area (Å²) in [5, 5.41) is 0. The van der Waals surface area contributed by atoms with E-state index in [1.807, 2.05) is 48.5 Å². The van der Waals surface area contributed by atoms with Gasteiger partial charge in [0, 0.05) is 33.8 Å². The Morgan fingerprint density at radius 3 is 1.50 bits per heavy atom. The fourth-order valence-corrected chi connectivity index (χ4v) is 5.93. The number of benzene rings is 6. The zero-order chi connectivity index (χ0) is 31.0. The van der Waals surface area contributed by atoms with Crippen LogP contribution in [0.4, 0.5) is 17.1 Å². The molecule has 2 heterocycles. The molecule has 0 aliphatic rings. The maximum Gasteiger partial charge on any atom is 0.227 e. The predicted molar refractivity (Wildman–Crippen MR) is 188 cm³/mol. The van der Waals surface area contributed by atoms with E-state index in [4.69, 9.17) is 14.4 Å². The molecule has 0 spiro atoms. The van der Waals surface area contributed by atoms with E-state index >= 15 is 0 Å². The number of nitrogens with zero attached hydrogens (tertiary/aromatic N) is 4. The number of anilines is 3. The van der Waals surface area contributed by atoms with Crippen molar-refractivity contribution in [1.29, 1.82) is 0 Å². The molecule has 0 saturated heterocycles. The van der Waals surface area contributed by atoms with Gasteiger partial charge in [0.15, 0.2) is 5.58 Å². The second-order valence-electron chi connectivity index (χ2n) is 11.4. The molecule has 0 aliphatic carbocycles. The fraction of sp³-hybridized carbons (Fsp3) is 0.0488. The lowest BCUT2D eigenvalue weighted by atomic mass is 10.0. The van der Waals surface area contributed by atoms with Crippen LogP contribution in [0.5, 0.6) is 0 Å². The molecule has 220 valence electrons. The molecular weight excluding hydrogens is 564 g/mol. The van der Waals surface area contributed by atoms with Gasteiger partial charge in [-0.05, 0) is 85.6 Å². The quantitative estimate of drug-likeness (QED) is 0.192. The number of aryl methyl sites for hydroxylation is 2. The highest BCUT2D eigenvalue weighted by atomic mass is 16.3. The van der Waals surface area contributed by atoms with E-state index in [0.717, 1.165) is 78.4 Å². The van der Waals surface area contributed by atoms with Crippen molar-refractivity contribution in [2.45, 2.75) is 13.8 Å². The molecule has 8 rings (SSSR count). The van der Waals surface area contributed by atoms with Crippen molar-refractivity contribution in [3.8, 4) is 34.0 Å². The van der Waals surface area contributed by atoms with E-state index in [9.17, 15) is 0 Å². The Kier molecular flexibility index (Phi) is 6.84. The Balaban J connectivity index is 1.21. The Morgan fingerprint density at radius 1 is 0.435 bits per heavy atom. The zero-order valence-corrected chi connectivity index (χ0v) is 25.6. The van der Waals surface area contributed by atoms with Crippen LogP contribution in [0.3, 0.4) is 0 Å². The predicted octanol–water partition coefficient (Wildman–Crippen LogP) is 10.9. The molecule has 0 atom stereocenters. The molecule has 5 heteroatoms. The number of hydrogen-bond acceptors (Lipinski definition) is 5. The van der Waals surface area contributed by atoms with Crippen LogP contribution in [0.15, 0.2) is 150 Å². The van der Waals surface area contributed by atoms with Gasteiger partial charge in [-0.2, -0.15) is 0 Å². The molecule has 5 nitrogen and oxygen atoms in total. The third kappa shape index (κ3) is 4.98. The van der Waals surface area contributed by atoms with Gasteiger partial charge in [0.25, 0.3) is 0 Å². The molecule has 0 unspecified atom stereocenters. The summed E-state index contributed by atoms with van der Waals surface area (Å²) in [6, 6.07) is 49.7. The van der Waals surface area contributed by atoms with Crippen LogP contribution in [-0.2, 0) is 0 Å². The smallest absolute Gasteiger partial charge is 0.227 e. The Morgan fingerprint density at radius 2 is 0.913 bits per heavy atom. The number of oxazole rings is 1. The van der Waals surface area contributed by atoms with Crippen LogP contribution >= 0.6 is 0 Å². The molecular formula is C41H30N4O. The lowest BCUT2D eigenvalue weighted by Crippen LogP contribution is -2.09. The van der Waals surface area contributed by atoms with E-state index in [1.54, 1.807) is 0 Å². The molecule has 0 bridgehead atoms. The standard InChI is InChI=1S/C41H30N4O/c1-27-17-18-28(2)38-37(27)43-39(29-11-5-3-6-12-29)40(44-38)30-19-23-33(24-20-30)45(32-13-7-4-8-14-32)34-25-21-31(22-26-34)41-42-35-15-9-10-16-36(35)46-41/h3-26H,1-2H3. The number of hydrogen-bond donors (Lipinski definition) is 0. The normalized spacial score (nSPS) is 11.3. The molecule has 0 aliphatic heterocycles. The first kappa shape index (κ1) is 27.5. The summed E-state index contributed by atoms with van der Waals surface area (Å²) in [6.07, 6.45) is 0. The zero-order valence-electron chi connectivity index (χ0n) is 25.6. The molecule has 0 radical (unpaired) electrons. The highest BCUT2D eigenvalue weighted by Gasteiger charge is 2.18. The van der Waals surface area contributed by atoms with Gasteiger partial charge in [0.05, 0.1) is 22.4 Å². The summed E-state index contributed by atoms with van der Waals surface area (Å²) >= 11 is 0. The molecule has 0 saturated carbocycles. The summed E-state index contributed by atoms with van der Waals surface area (Å²) < 4.78 is 6.03. The second-order valence-corrected chi connectivity index (χ2v) is 11.4. The minimum atomic E-state index is 0.611. The van der Waals surface area contributed by atoms with Gasteiger partial charge in [-0.25, -0.2) is 15.0 Å². The van der Waals surface area contributed by atoms with Gasteiger partial charge < -0.3 is 9.32 Å². The van der Waals surface area contributed by atoms with Crippen molar-refractivity contribution >= 4 is 39.2 Å². The van der Waals surface area contributed by atoms with Gasteiger partial charge >= 0.3 is 0 Å². The van der Waals surface area contributed by atoms with Gasteiger partial charge in [0.2, 0.25) is 5.89 Å². The first-order chi connectivity index (χ1) is 22.6. The molecule has 0 fully saturated rings. The summed E-state index contributed by atoms with van der Waals surface area (Å²) in [5.74, 6) is 0.611. The average Bonchev–Trinajstić information content (AvgIpc) is 3.56. The van der Waals surface area contributed by atoms with Crippen LogP contribution in [0.25, 0.3) is 56.1 Å². The maximum absolute atomic E-state index is 6.03. The summed E-state index contributed by atoms with van der Waals surface area (Å²) in [6.45, 7) is 4.19. The minimum absolute atomic E-state index is 0.611. The molecule has 0 N–H and O–H groups in total. The molecule has 8 aromatic rings. The number of fused-ring (bicyclic) bond motifs is 2. The first-order valence-corrected chi connectivity index (χ1v) is 15.4. The minimum Gasteiger partial charge on any atom is -0.436 e. The van der Waals surface area contributed by atoms with E-state index in [1.165, 1.54) is 0 Å². The second kappa shape index (κ2) is 11.5. The van der Waals surface area contributed by atoms with E-state index in [-0.39, 0.29) is 0 Å². The highest BCUT2D eigenvalue weighted by Crippen LogP contribution is 2.38. The summed E-state index contributed by atoms with van der Waals surface area (Å²) in [5.41, 5.74) is 13.6. The fourth-order valence-electron chi connectivity index (χ4n) is 5.93. The highest BCUT2D eigenvalue weighted by molar-refractivity contribution is 5.90. The van der Waals surface area contributed by atoms with Crippen molar-refractivity contribution in [2.75, 3.05) is 4.90 Å². The summed E-state index contributed by atoms with van der Waals surface area (Å²) in [4.78, 5) is 17.4. The Labute approximate surface area is 267 Å². The number of para-hydroxylation sites is 3. The summed E-state index contributed by atoms with van der Waals surface area (Å²) in [7, 11) is 0. The molecule has 6 aromatic carbocycles. The van der Waals surface area contributed by atoms with Crippen molar-refractivity contribution in [2.24, 2.45) is 0 Å². The number of rotatable bonds is 6. The van der Waals surface area contributed by atoms with E-state index in [0.29, 0.717) is 5.89 Å². The lowest BCUT2D eigenvalue weighted by molar-refractivity contribution is 0.620. The van der Waals surface area contributed by atoms with E-state index < -0.39 is 0 Å². The third-order valence-corrected chi connectivity index (χ3v) is 8.35. The van der Waals surface area contributed by atoms with Gasteiger partial charge in [-0.3, -0.25) is 0 Å². The Hall–Kier alpha value is -6.07. The lowest BCUT2D eigenvalue weighted by Gasteiger charge is -2.25. The number of aromatic nitrogens is 3. The van der Waals surface area contributed by atoms with Crippen LogP contribution in [0.2, 0.25) is 0 Å². The van der Waals surface area contributed by atoms with Gasteiger partial charge in [-0.1, -0.05) is 84.9 Å². The maximum atomic E-state index is 6.03. The topological polar surface area (TPSA) is 55.1 Å². The molecule has 2 aromatic heterocycles. The van der Waals surface area contributed by atoms with Crippen molar-refractivity contribution in [3.05, 3.63) is 157 Å². The Bertz CT molecular complexity index is 2280. The van der Waals surface area contributed by atoms with Crippen molar-refractivity contribution in [1.82, 2.24) is 15.0 Å². The van der Waals surface area contributed by atoms with Crippen LogP contribution in [-0.4, -0.2) is 15.0 Å². The monoisotopic (exact) mass is 594 g/mol. The van der Waals surface area contributed by atoms with Crippen molar-refractivity contribution < 1.29 is 4.42 Å². The molecule has 0 amide bonds. The largest absolute Gasteiger partial charge is 0.436 e. The van der Waals surface area contributed by atoms with Gasteiger partial charge in [-0.15, -0.1) is 0 Å². The SMILES string of the molecule is Cc1ccc(C)c2nc(-c3ccc(N(c4ccccc4)c4ccc(-c5nc6ccccc6o5)cc4)cc3)c(-c3ccccc3)nc12. The third-order valence-electron chi connectivity index (χ3n) is 8.35. The molecule has 46 heavy (non-hydrogen) atoms. The average molecular weight is 595 g/mol. The van der Waals surface area contributed by atoms with E-state index in [2.05, 4.69) is 121 Å². The first-order valence-electron chi connectivity index (χ1n) is 15.4.